The summed E-state index contributed by atoms with van der Waals surface area (Å²) >= 11 is 0. The second-order valence-electron chi connectivity index (χ2n) is 4.74. The van der Waals surface area contributed by atoms with Crippen LogP contribution in [0.3, 0.4) is 0 Å². The largest absolute Gasteiger partial charge is 0.324 e. The maximum Gasteiger partial charge on any atom is 0.274 e. The fourth-order valence-electron chi connectivity index (χ4n) is 2.68. The average Bonchev–Trinajstić information content (AvgIpc) is 2.39. The van der Waals surface area contributed by atoms with Gasteiger partial charge in [0.2, 0.25) is 0 Å². The van der Waals surface area contributed by atoms with Gasteiger partial charge in [-0.05, 0) is 18.8 Å². The first-order chi connectivity index (χ1) is 8.20. The maximum absolute atomic E-state index is 11.0. The van der Waals surface area contributed by atoms with E-state index in [0.29, 0.717) is 11.5 Å². The summed E-state index contributed by atoms with van der Waals surface area (Å²) in [6, 6.07) is 6.65. The van der Waals surface area contributed by atoms with Crippen LogP contribution in [0.4, 0.5) is 5.69 Å². The number of hydrogen-bond acceptors (Lipinski definition) is 3. The van der Waals surface area contributed by atoms with Crippen molar-refractivity contribution in [3.8, 4) is 0 Å². The molecule has 0 aromatic heterocycles. The zero-order chi connectivity index (χ0) is 12.3. The van der Waals surface area contributed by atoms with Crippen molar-refractivity contribution < 1.29 is 4.92 Å². The standard InChI is InChI=1S/C13H18N2O2/c14-13(10-6-2-1-3-7-10)11-8-4-5-9-12(11)15(16)17/h4-5,8-10,13H,1-3,6-7,14H2/t13-/m1/s1. The molecule has 0 unspecified atom stereocenters. The van der Waals surface area contributed by atoms with Gasteiger partial charge in [-0.3, -0.25) is 10.1 Å². The summed E-state index contributed by atoms with van der Waals surface area (Å²) in [7, 11) is 0. The van der Waals surface area contributed by atoms with Crippen molar-refractivity contribution >= 4 is 5.69 Å². The van der Waals surface area contributed by atoms with Gasteiger partial charge < -0.3 is 5.73 Å². The molecule has 0 radical (unpaired) electrons. The predicted molar refractivity (Wildman–Crippen MR) is 66.6 cm³/mol. The van der Waals surface area contributed by atoms with E-state index in [1.807, 2.05) is 6.07 Å². The molecule has 17 heavy (non-hydrogen) atoms. The van der Waals surface area contributed by atoms with Gasteiger partial charge in [0.1, 0.15) is 0 Å². The Kier molecular flexibility index (Phi) is 3.74. The second kappa shape index (κ2) is 5.27. The summed E-state index contributed by atoms with van der Waals surface area (Å²) in [5.74, 6) is 0.393. The quantitative estimate of drug-likeness (QED) is 0.645. The van der Waals surface area contributed by atoms with Gasteiger partial charge in [-0.1, -0.05) is 37.5 Å². The molecule has 0 saturated heterocycles. The van der Waals surface area contributed by atoms with E-state index in [-0.39, 0.29) is 16.7 Å². The molecule has 0 bridgehead atoms. The van der Waals surface area contributed by atoms with Gasteiger partial charge in [0.25, 0.3) is 5.69 Å². The Hall–Kier alpha value is -1.42. The highest BCUT2D eigenvalue weighted by atomic mass is 16.6. The first-order valence-electron chi connectivity index (χ1n) is 6.19. The van der Waals surface area contributed by atoms with E-state index in [1.165, 1.54) is 25.3 Å². The molecule has 1 saturated carbocycles. The number of nitro groups is 1. The van der Waals surface area contributed by atoms with Gasteiger partial charge in [-0.2, -0.15) is 0 Å². The zero-order valence-electron chi connectivity index (χ0n) is 9.84. The minimum absolute atomic E-state index is 0.158. The SMILES string of the molecule is N[C@@H](c1ccccc1[N+](=O)[O-])C1CCCCC1. The smallest absolute Gasteiger partial charge is 0.274 e. The molecule has 1 aliphatic carbocycles. The summed E-state index contributed by atoms with van der Waals surface area (Å²) < 4.78 is 0. The molecule has 1 aliphatic rings. The first kappa shape index (κ1) is 12.0. The Morgan fingerprint density at radius 2 is 1.88 bits per heavy atom. The fourth-order valence-corrected chi connectivity index (χ4v) is 2.68. The van der Waals surface area contributed by atoms with Crippen molar-refractivity contribution in [3.63, 3.8) is 0 Å². The van der Waals surface area contributed by atoms with E-state index in [1.54, 1.807) is 12.1 Å². The molecule has 1 fully saturated rings. The van der Waals surface area contributed by atoms with Crippen LogP contribution in [-0.4, -0.2) is 4.92 Å². The van der Waals surface area contributed by atoms with Crippen LogP contribution in [0.15, 0.2) is 24.3 Å². The minimum Gasteiger partial charge on any atom is -0.324 e. The highest BCUT2D eigenvalue weighted by Gasteiger charge is 2.26. The average molecular weight is 234 g/mol. The van der Waals surface area contributed by atoms with Crippen LogP contribution in [0.1, 0.15) is 43.7 Å². The van der Waals surface area contributed by atoms with Crippen molar-refractivity contribution in [1.29, 1.82) is 0 Å². The lowest BCUT2D eigenvalue weighted by Crippen LogP contribution is -2.24. The molecular weight excluding hydrogens is 216 g/mol. The second-order valence-corrected chi connectivity index (χ2v) is 4.74. The highest BCUT2D eigenvalue weighted by molar-refractivity contribution is 5.42. The van der Waals surface area contributed by atoms with E-state index >= 15 is 0 Å². The molecule has 1 aromatic rings. The third kappa shape index (κ3) is 2.64. The van der Waals surface area contributed by atoms with Crippen molar-refractivity contribution in [2.75, 3.05) is 0 Å². The Balaban J connectivity index is 2.23. The number of nitrogens with zero attached hydrogens (tertiary/aromatic N) is 1. The lowest BCUT2D eigenvalue weighted by atomic mass is 9.81. The molecule has 92 valence electrons. The molecule has 2 N–H and O–H groups in total. The monoisotopic (exact) mass is 234 g/mol. The lowest BCUT2D eigenvalue weighted by Gasteiger charge is -2.27. The third-order valence-corrected chi connectivity index (χ3v) is 3.65. The molecule has 0 amide bonds. The van der Waals surface area contributed by atoms with Crippen LogP contribution < -0.4 is 5.73 Å². The Bertz CT molecular complexity index is 400. The van der Waals surface area contributed by atoms with Crippen LogP contribution in [0.2, 0.25) is 0 Å². The summed E-state index contributed by atoms with van der Waals surface area (Å²) in [6.07, 6.45) is 5.83. The maximum atomic E-state index is 11.0. The summed E-state index contributed by atoms with van der Waals surface area (Å²) in [6.45, 7) is 0. The molecule has 2 rings (SSSR count). The molecule has 4 heteroatoms. The summed E-state index contributed by atoms with van der Waals surface area (Å²) in [5.41, 5.74) is 7.05. The van der Waals surface area contributed by atoms with Crippen LogP contribution in [0.5, 0.6) is 0 Å². The van der Waals surface area contributed by atoms with E-state index < -0.39 is 0 Å². The van der Waals surface area contributed by atoms with Gasteiger partial charge >= 0.3 is 0 Å². The van der Waals surface area contributed by atoms with Gasteiger partial charge in [-0.25, -0.2) is 0 Å². The molecule has 0 spiro atoms. The van der Waals surface area contributed by atoms with Crippen molar-refractivity contribution in [2.45, 2.75) is 38.1 Å². The van der Waals surface area contributed by atoms with Gasteiger partial charge in [0.05, 0.1) is 4.92 Å². The van der Waals surface area contributed by atoms with Crippen LogP contribution in [0.25, 0.3) is 0 Å². The number of nitro benzene ring substituents is 1. The highest BCUT2D eigenvalue weighted by Crippen LogP contribution is 2.35. The van der Waals surface area contributed by atoms with Crippen molar-refractivity contribution in [3.05, 3.63) is 39.9 Å². The molecule has 1 aromatic carbocycles. The third-order valence-electron chi connectivity index (χ3n) is 3.65. The molecule has 1 atom stereocenters. The van der Waals surface area contributed by atoms with E-state index in [4.69, 9.17) is 5.73 Å². The topological polar surface area (TPSA) is 69.2 Å². The molecule has 0 heterocycles. The number of para-hydroxylation sites is 1. The fraction of sp³-hybridized carbons (Fsp3) is 0.538. The lowest BCUT2D eigenvalue weighted by molar-refractivity contribution is -0.385. The number of hydrogen-bond donors (Lipinski definition) is 1. The first-order valence-corrected chi connectivity index (χ1v) is 6.19. The Morgan fingerprint density at radius 1 is 1.24 bits per heavy atom. The number of nitrogens with two attached hydrogens (primary N) is 1. The van der Waals surface area contributed by atoms with Crippen LogP contribution in [-0.2, 0) is 0 Å². The normalized spacial score (nSPS) is 18.9. The van der Waals surface area contributed by atoms with E-state index in [2.05, 4.69) is 0 Å². The zero-order valence-corrected chi connectivity index (χ0v) is 9.84. The summed E-state index contributed by atoms with van der Waals surface area (Å²) in [5, 5.41) is 11.0. The number of rotatable bonds is 3. The minimum atomic E-state index is -0.335. The summed E-state index contributed by atoms with van der Waals surface area (Å²) in [4.78, 5) is 10.6. The number of benzene rings is 1. The molecule has 0 aliphatic heterocycles. The van der Waals surface area contributed by atoms with Gasteiger partial charge in [0, 0.05) is 17.7 Å². The van der Waals surface area contributed by atoms with Crippen LogP contribution in [0, 0.1) is 16.0 Å². The van der Waals surface area contributed by atoms with Gasteiger partial charge in [0.15, 0.2) is 0 Å². The van der Waals surface area contributed by atoms with Crippen molar-refractivity contribution in [1.82, 2.24) is 0 Å². The Morgan fingerprint density at radius 3 is 2.53 bits per heavy atom. The van der Waals surface area contributed by atoms with Crippen LogP contribution >= 0.6 is 0 Å². The van der Waals surface area contributed by atoms with Gasteiger partial charge in [-0.15, -0.1) is 0 Å². The van der Waals surface area contributed by atoms with Crippen molar-refractivity contribution in [2.24, 2.45) is 11.7 Å². The predicted octanol–water partition coefficient (Wildman–Crippen LogP) is 3.17. The van der Waals surface area contributed by atoms with E-state index in [0.717, 1.165) is 12.8 Å². The molecular formula is C13H18N2O2. The van der Waals surface area contributed by atoms with E-state index in [9.17, 15) is 10.1 Å². The molecule has 4 nitrogen and oxygen atoms in total. The Labute approximate surface area is 101 Å².